The molecule has 0 bridgehead atoms. The van der Waals surface area contributed by atoms with E-state index >= 15 is 0 Å². The highest BCUT2D eigenvalue weighted by atomic mass is 32.2. The summed E-state index contributed by atoms with van der Waals surface area (Å²) in [5.74, 6) is -0.0152. The van der Waals surface area contributed by atoms with Gasteiger partial charge in [-0.15, -0.1) is 0 Å². The Morgan fingerprint density at radius 3 is 2.45 bits per heavy atom. The molecule has 1 saturated carbocycles. The molecule has 1 aromatic rings. The summed E-state index contributed by atoms with van der Waals surface area (Å²) in [7, 11) is -3.12. The van der Waals surface area contributed by atoms with Gasteiger partial charge in [0.2, 0.25) is 16.0 Å². The fraction of sp³-hybridized carbons (Fsp3) is 0.667. The number of hydrogen-bond donors (Lipinski definition) is 0. The van der Waals surface area contributed by atoms with Gasteiger partial charge >= 0.3 is 0 Å². The van der Waals surface area contributed by atoms with Crippen molar-refractivity contribution in [3.05, 3.63) is 18.2 Å². The van der Waals surface area contributed by atoms with Gasteiger partial charge < -0.3 is 4.90 Å². The molecule has 2 fully saturated rings. The van der Waals surface area contributed by atoms with Crippen LogP contribution in [0.25, 0.3) is 0 Å². The molecule has 0 aromatic carbocycles. The van der Waals surface area contributed by atoms with E-state index in [0.717, 1.165) is 31.7 Å². The zero-order chi connectivity index (χ0) is 14.2. The zero-order valence-electron chi connectivity index (χ0n) is 11.1. The maximum absolute atomic E-state index is 12.8. The van der Waals surface area contributed by atoms with E-state index in [0.29, 0.717) is 32.1 Å². The van der Waals surface area contributed by atoms with Crippen LogP contribution in [0.4, 0.5) is 10.3 Å². The van der Waals surface area contributed by atoms with Crippen molar-refractivity contribution < 1.29 is 12.8 Å². The minimum atomic E-state index is -3.12. The van der Waals surface area contributed by atoms with Gasteiger partial charge in [-0.25, -0.2) is 22.8 Å². The van der Waals surface area contributed by atoms with E-state index in [2.05, 4.69) is 9.97 Å². The monoisotopic (exact) mass is 300 g/mol. The number of halogens is 1. The van der Waals surface area contributed by atoms with Gasteiger partial charge in [0.1, 0.15) is 0 Å². The molecule has 8 heteroatoms. The van der Waals surface area contributed by atoms with Crippen molar-refractivity contribution in [3.8, 4) is 0 Å². The molecule has 1 aromatic heterocycles. The van der Waals surface area contributed by atoms with Gasteiger partial charge in [-0.05, 0) is 19.3 Å². The fourth-order valence-corrected chi connectivity index (χ4v) is 4.27. The molecule has 20 heavy (non-hydrogen) atoms. The highest BCUT2D eigenvalue weighted by Crippen LogP contribution is 2.31. The summed E-state index contributed by atoms with van der Waals surface area (Å²) in [6.45, 7) is 2.20. The number of hydrogen-bond acceptors (Lipinski definition) is 5. The summed E-state index contributed by atoms with van der Waals surface area (Å²) in [6, 6.07) is 0. The first kappa shape index (κ1) is 13.7. The highest BCUT2D eigenvalue weighted by molar-refractivity contribution is 7.90. The van der Waals surface area contributed by atoms with Crippen LogP contribution in [0.2, 0.25) is 0 Å². The van der Waals surface area contributed by atoms with Gasteiger partial charge in [0, 0.05) is 26.2 Å². The van der Waals surface area contributed by atoms with Crippen molar-refractivity contribution in [2.75, 3.05) is 31.1 Å². The second kappa shape index (κ2) is 5.25. The molecule has 3 rings (SSSR count). The molecule has 0 atom stereocenters. The molecular weight excluding hydrogens is 283 g/mol. The Morgan fingerprint density at radius 1 is 1.10 bits per heavy atom. The molecule has 1 saturated heterocycles. The number of rotatable bonds is 3. The van der Waals surface area contributed by atoms with Crippen LogP contribution in [-0.4, -0.2) is 54.1 Å². The van der Waals surface area contributed by atoms with Crippen molar-refractivity contribution >= 4 is 16.0 Å². The van der Waals surface area contributed by atoms with Gasteiger partial charge in [0.05, 0.1) is 17.6 Å². The van der Waals surface area contributed by atoms with Crippen molar-refractivity contribution in [1.82, 2.24) is 14.3 Å². The minimum absolute atomic E-state index is 0.170. The van der Waals surface area contributed by atoms with Crippen LogP contribution in [-0.2, 0) is 10.0 Å². The Bertz CT molecular complexity index is 574. The highest BCUT2D eigenvalue weighted by Gasteiger charge is 2.40. The van der Waals surface area contributed by atoms with Gasteiger partial charge in [0.25, 0.3) is 0 Å². The number of aromatic nitrogens is 2. The van der Waals surface area contributed by atoms with Crippen LogP contribution in [0.15, 0.2) is 12.4 Å². The summed E-state index contributed by atoms with van der Waals surface area (Å²) in [5.41, 5.74) is 0. The maximum Gasteiger partial charge on any atom is 0.225 e. The van der Waals surface area contributed by atoms with E-state index in [9.17, 15) is 12.8 Å². The van der Waals surface area contributed by atoms with Gasteiger partial charge in [0.15, 0.2) is 5.82 Å². The lowest BCUT2D eigenvalue weighted by Crippen LogP contribution is -2.37. The van der Waals surface area contributed by atoms with Crippen LogP contribution in [0.5, 0.6) is 0 Å². The third-order valence-electron chi connectivity index (χ3n) is 3.65. The minimum Gasteiger partial charge on any atom is -0.339 e. The molecule has 6 nitrogen and oxygen atoms in total. The zero-order valence-corrected chi connectivity index (χ0v) is 11.9. The lowest BCUT2D eigenvalue weighted by atomic mass is 10.4. The predicted octanol–water partition coefficient (Wildman–Crippen LogP) is 0.620. The maximum atomic E-state index is 12.8. The van der Waals surface area contributed by atoms with E-state index in [-0.39, 0.29) is 5.25 Å². The molecule has 0 unspecified atom stereocenters. The Hall–Kier alpha value is -1.28. The van der Waals surface area contributed by atoms with Crippen molar-refractivity contribution in [2.24, 2.45) is 0 Å². The number of anilines is 1. The summed E-state index contributed by atoms with van der Waals surface area (Å²) < 4.78 is 38.8. The Labute approximate surface area is 117 Å². The topological polar surface area (TPSA) is 66.4 Å². The summed E-state index contributed by atoms with van der Waals surface area (Å²) in [6.07, 6.45) is 4.55. The molecule has 0 amide bonds. The summed E-state index contributed by atoms with van der Waals surface area (Å²) in [5, 5.41) is -0.170. The van der Waals surface area contributed by atoms with Crippen molar-refractivity contribution in [3.63, 3.8) is 0 Å². The van der Waals surface area contributed by atoms with Crippen LogP contribution < -0.4 is 4.90 Å². The van der Waals surface area contributed by atoms with Crippen LogP contribution in [0.1, 0.15) is 19.3 Å². The van der Waals surface area contributed by atoms with Gasteiger partial charge in [-0.3, -0.25) is 0 Å². The first-order chi connectivity index (χ1) is 9.57. The largest absolute Gasteiger partial charge is 0.339 e. The smallest absolute Gasteiger partial charge is 0.225 e. The van der Waals surface area contributed by atoms with E-state index in [1.54, 1.807) is 4.31 Å². The molecule has 0 radical (unpaired) electrons. The van der Waals surface area contributed by atoms with E-state index in [4.69, 9.17) is 0 Å². The SMILES string of the molecule is O=S(=O)(C1CC1)N1CCCN(c2ncc(F)cn2)CC1. The van der Waals surface area contributed by atoms with E-state index in [1.165, 1.54) is 0 Å². The number of sulfonamides is 1. The average Bonchev–Trinajstić information content (AvgIpc) is 3.26. The standard InChI is InChI=1S/C12H17FN4O2S/c13-10-8-14-12(15-9-10)16-4-1-5-17(7-6-16)20(18,19)11-2-3-11/h8-9,11H,1-7H2. The second-order valence-corrected chi connectivity index (χ2v) is 7.40. The quantitative estimate of drug-likeness (QED) is 0.818. The summed E-state index contributed by atoms with van der Waals surface area (Å²) >= 11 is 0. The predicted molar refractivity (Wildman–Crippen MR) is 72.3 cm³/mol. The number of nitrogens with zero attached hydrogens (tertiary/aromatic N) is 4. The lowest BCUT2D eigenvalue weighted by molar-refractivity contribution is 0.432. The second-order valence-electron chi connectivity index (χ2n) is 5.19. The molecule has 1 aliphatic heterocycles. The molecule has 1 aliphatic carbocycles. The fourth-order valence-electron chi connectivity index (χ4n) is 2.39. The van der Waals surface area contributed by atoms with Crippen molar-refractivity contribution in [1.29, 1.82) is 0 Å². The summed E-state index contributed by atoms with van der Waals surface area (Å²) in [4.78, 5) is 9.80. The molecule has 0 spiro atoms. The lowest BCUT2D eigenvalue weighted by Gasteiger charge is -2.21. The third kappa shape index (κ3) is 2.76. The molecule has 0 N–H and O–H groups in total. The first-order valence-electron chi connectivity index (χ1n) is 6.79. The Kier molecular flexibility index (Phi) is 3.59. The van der Waals surface area contributed by atoms with Gasteiger partial charge in [-0.2, -0.15) is 4.31 Å². The molecular formula is C12H17FN4O2S. The Balaban J connectivity index is 1.69. The van der Waals surface area contributed by atoms with E-state index in [1.807, 2.05) is 4.90 Å². The van der Waals surface area contributed by atoms with Crippen LogP contribution >= 0.6 is 0 Å². The van der Waals surface area contributed by atoms with Crippen LogP contribution in [0, 0.1) is 5.82 Å². The molecule has 2 aliphatic rings. The van der Waals surface area contributed by atoms with Gasteiger partial charge in [-0.1, -0.05) is 0 Å². The first-order valence-corrected chi connectivity index (χ1v) is 8.29. The molecule has 2 heterocycles. The van der Waals surface area contributed by atoms with E-state index < -0.39 is 15.8 Å². The Morgan fingerprint density at radius 2 is 1.80 bits per heavy atom. The third-order valence-corrected chi connectivity index (χ3v) is 6.05. The normalized spacial score (nSPS) is 21.8. The van der Waals surface area contributed by atoms with Crippen molar-refractivity contribution in [2.45, 2.75) is 24.5 Å². The molecule has 110 valence electrons. The van der Waals surface area contributed by atoms with Crippen LogP contribution in [0.3, 0.4) is 0 Å². The average molecular weight is 300 g/mol.